The molecule has 0 aliphatic heterocycles. The lowest BCUT2D eigenvalue weighted by Crippen LogP contribution is -2.26. The van der Waals surface area contributed by atoms with Gasteiger partial charge in [-0.25, -0.2) is 10.1 Å². The molecule has 0 amide bonds. The Morgan fingerprint density at radius 3 is 1.48 bits per heavy atom. The molecule has 0 saturated carbocycles. The Kier molecular flexibility index (Phi) is 5.44. The Morgan fingerprint density at radius 2 is 1.24 bits per heavy atom. The van der Waals surface area contributed by atoms with E-state index in [1.54, 1.807) is 0 Å². The van der Waals surface area contributed by atoms with Crippen LogP contribution in [-0.2, 0) is 0 Å². The largest absolute Gasteiger partial charge is 0.312 e. The molecule has 0 saturated heterocycles. The topological polar surface area (TPSA) is 176 Å². The van der Waals surface area contributed by atoms with Crippen molar-refractivity contribution in [2.45, 2.75) is 0 Å². The zero-order valence-electron chi connectivity index (χ0n) is 10.1. The number of nitro benzene ring substituents is 3. The molecule has 0 aromatic heterocycles. The van der Waals surface area contributed by atoms with Gasteiger partial charge in [-0.05, 0) is 0 Å². The molecule has 114 valence electrons. The number of non-ortho nitro benzene ring substituents is 1. The highest BCUT2D eigenvalue weighted by Gasteiger charge is 2.37. The van der Waals surface area contributed by atoms with Crippen LogP contribution in [0.4, 0.5) is 22.7 Å². The predicted octanol–water partition coefficient (Wildman–Crippen LogP) is 1.46. The van der Waals surface area contributed by atoms with Crippen LogP contribution >= 0.6 is 12.4 Å². The van der Waals surface area contributed by atoms with Gasteiger partial charge in [-0.15, -0.1) is 12.4 Å². The van der Waals surface area contributed by atoms with Gasteiger partial charge in [-0.2, -0.15) is 0 Å². The third kappa shape index (κ3) is 3.47. The van der Waals surface area contributed by atoms with Gasteiger partial charge >= 0.3 is 11.4 Å². The van der Waals surface area contributed by atoms with Gasteiger partial charge in [0.05, 0.1) is 34.0 Å². The first-order valence-electron chi connectivity index (χ1n) is 4.66. The Hall–Kier alpha value is -3.09. The maximum Gasteiger partial charge on any atom is 0.312 e. The van der Waals surface area contributed by atoms with Crippen molar-refractivity contribution >= 4 is 35.2 Å². The van der Waals surface area contributed by atoms with Crippen LogP contribution < -0.4 is 5.01 Å². The molecule has 0 aliphatic carbocycles. The first-order chi connectivity index (χ1) is 9.16. The van der Waals surface area contributed by atoms with Gasteiger partial charge < -0.3 is 0 Å². The molecule has 0 spiro atoms. The maximum atomic E-state index is 10.8. The van der Waals surface area contributed by atoms with Crippen molar-refractivity contribution in [1.82, 2.24) is 0 Å². The van der Waals surface area contributed by atoms with Gasteiger partial charge in [0.1, 0.15) is 0 Å². The van der Waals surface area contributed by atoms with Crippen molar-refractivity contribution in [2.75, 3.05) is 12.1 Å². The fourth-order valence-electron chi connectivity index (χ4n) is 1.39. The molecule has 0 fully saturated rings. The standard InChI is InChI=1S/C7H5N5O8.ClH/c1-8(12(19)20)7-5(10(15)16)2-4(9(13)14)3-6(7)11(17)18;/h2-3H,1H3;1H. The number of halogens is 1. The van der Waals surface area contributed by atoms with E-state index < -0.39 is 42.6 Å². The molecule has 0 unspecified atom stereocenters. The molecule has 0 aliphatic rings. The molecule has 0 bridgehead atoms. The minimum Gasteiger partial charge on any atom is -0.258 e. The molecule has 1 rings (SSSR count). The molecular weight excluding hydrogens is 318 g/mol. The molecule has 14 heteroatoms. The van der Waals surface area contributed by atoms with Crippen LogP contribution in [0.1, 0.15) is 0 Å². The molecule has 1 aromatic rings. The first-order valence-corrected chi connectivity index (χ1v) is 4.66. The first kappa shape index (κ1) is 17.9. The van der Waals surface area contributed by atoms with Crippen LogP contribution in [0.2, 0.25) is 0 Å². The Balaban J connectivity index is 0.00000400. The molecule has 0 atom stereocenters. The van der Waals surface area contributed by atoms with Crippen LogP contribution in [0.3, 0.4) is 0 Å². The smallest absolute Gasteiger partial charge is 0.258 e. The number of hydrogen-bond acceptors (Lipinski definition) is 8. The second kappa shape index (κ2) is 6.38. The normalized spacial score (nSPS) is 9.38. The molecule has 0 N–H and O–H groups in total. The highest BCUT2D eigenvalue weighted by molar-refractivity contribution is 5.85. The van der Waals surface area contributed by atoms with Crippen molar-refractivity contribution in [1.29, 1.82) is 0 Å². The second-order valence-electron chi connectivity index (χ2n) is 3.37. The molecule has 0 heterocycles. The van der Waals surface area contributed by atoms with E-state index >= 15 is 0 Å². The number of nitrogens with zero attached hydrogens (tertiary/aromatic N) is 5. The van der Waals surface area contributed by atoms with Gasteiger partial charge in [0.2, 0.25) is 0 Å². The van der Waals surface area contributed by atoms with E-state index in [0.717, 1.165) is 7.05 Å². The van der Waals surface area contributed by atoms with Gasteiger partial charge in [-0.3, -0.25) is 30.3 Å². The quantitative estimate of drug-likeness (QED) is 0.573. The van der Waals surface area contributed by atoms with Crippen molar-refractivity contribution in [3.05, 3.63) is 52.6 Å². The van der Waals surface area contributed by atoms with E-state index in [2.05, 4.69) is 0 Å². The van der Waals surface area contributed by atoms with Gasteiger partial charge in [0.15, 0.2) is 5.03 Å². The van der Waals surface area contributed by atoms with Crippen molar-refractivity contribution in [3.8, 4) is 0 Å². The number of benzene rings is 1. The summed E-state index contributed by atoms with van der Waals surface area (Å²) in [6.45, 7) is 0. The van der Waals surface area contributed by atoms with Crippen molar-refractivity contribution < 1.29 is 19.8 Å². The summed E-state index contributed by atoms with van der Waals surface area (Å²) >= 11 is 0. The lowest BCUT2D eigenvalue weighted by molar-refractivity contribution is -0.493. The fraction of sp³-hybridized carbons (Fsp3) is 0.143. The highest BCUT2D eigenvalue weighted by atomic mass is 35.5. The molecule has 13 nitrogen and oxygen atoms in total. The number of hydrazine groups is 1. The molecule has 1 aromatic carbocycles. The second-order valence-corrected chi connectivity index (χ2v) is 3.37. The predicted molar refractivity (Wildman–Crippen MR) is 69.1 cm³/mol. The number of nitro groups is 4. The van der Waals surface area contributed by atoms with E-state index in [0.29, 0.717) is 12.1 Å². The Labute approximate surface area is 120 Å². The minimum atomic E-state index is -1.17. The third-order valence-electron chi connectivity index (χ3n) is 2.23. The lowest BCUT2D eigenvalue weighted by Gasteiger charge is -2.08. The van der Waals surface area contributed by atoms with E-state index in [1.807, 2.05) is 0 Å². The van der Waals surface area contributed by atoms with E-state index in [1.165, 1.54) is 0 Å². The third-order valence-corrected chi connectivity index (χ3v) is 2.23. The average Bonchev–Trinajstić information content (AvgIpc) is 2.35. The summed E-state index contributed by atoms with van der Waals surface area (Å²) < 4.78 is 0. The highest BCUT2D eigenvalue weighted by Crippen LogP contribution is 2.40. The van der Waals surface area contributed by atoms with Crippen LogP contribution in [-0.4, -0.2) is 26.8 Å². The van der Waals surface area contributed by atoms with Gasteiger partial charge in [-0.1, -0.05) is 5.01 Å². The minimum absolute atomic E-state index is 0. The van der Waals surface area contributed by atoms with E-state index in [9.17, 15) is 40.5 Å². The summed E-state index contributed by atoms with van der Waals surface area (Å²) in [6.07, 6.45) is 0. The summed E-state index contributed by atoms with van der Waals surface area (Å²) in [4.78, 5) is 39.4. The average molecular weight is 324 g/mol. The fourth-order valence-corrected chi connectivity index (χ4v) is 1.39. The number of anilines is 1. The molecule has 21 heavy (non-hydrogen) atoms. The van der Waals surface area contributed by atoms with Crippen molar-refractivity contribution in [2.24, 2.45) is 0 Å². The Morgan fingerprint density at radius 1 is 0.857 bits per heavy atom. The summed E-state index contributed by atoms with van der Waals surface area (Å²) in [6, 6.07) is 0.838. The number of hydrogen-bond donors (Lipinski definition) is 0. The lowest BCUT2D eigenvalue weighted by atomic mass is 10.2. The SMILES string of the molecule is CN(c1c([N+](=O)[O-])cc([N+](=O)[O-])cc1[N+](=O)[O-])[N+](=O)[O-].Cl. The number of rotatable bonds is 5. The van der Waals surface area contributed by atoms with Gasteiger partial charge in [0.25, 0.3) is 11.4 Å². The van der Waals surface area contributed by atoms with Gasteiger partial charge in [0, 0.05) is 0 Å². The van der Waals surface area contributed by atoms with Crippen molar-refractivity contribution in [3.63, 3.8) is 0 Å². The van der Waals surface area contributed by atoms with E-state index in [4.69, 9.17) is 0 Å². The zero-order valence-corrected chi connectivity index (χ0v) is 10.9. The van der Waals surface area contributed by atoms with Crippen LogP contribution in [0.25, 0.3) is 0 Å². The monoisotopic (exact) mass is 323 g/mol. The molecular formula is C7H6ClN5O8. The summed E-state index contributed by atoms with van der Waals surface area (Å²) in [5, 5.41) is 41.7. The summed E-state index contributed by atoms with van der Waals surface area (Å²) in [5.74, 6) is 0. The maximum absolute atomic E-state index is 10.8. The summed E-state index contributed by atoms with van der Waals surface area (Å²) in [5.41, 5.74) is -4.07. The zero-order chi connectivity index (χ0) is 15.6. The van der Waals surface area contributed by atoms with Crippen LogP contribution in [0, 0.1) is 40.5 Å². The van der Waals surface area contributed by atoms with Crippen LogP contribution in [0.5, 0.6) is 0 Å². The molecule has 0 radical (unpaired) electrons. The van der Waals surface area contributed by atoms with E-state index in [-0.39, 0.29) is 17.4 Å². The van der Waals surface area contributed by atoms with Crippen LogP contribution in [0.15, 0.2) is 12.1 Å². The Bertz CT molecular complexity index is 598. The summed E-state index contributed by atoms with van der Waals surface area (Å²) in [7, 11) is 0.751.